The number of nitro groups is 1. The fourth-order valence-corrected chi connectivity index (χ4v) is 1.81. The molecule has 2 N–H and O–H groups in total. The molecule has 7 nitrogen and oxygen atoms in total. The monoisotopic (exact) mass is 326 g/mol. The molecular formula is C16H11FN4O3. The lowest BCUT2D eigenvalue weighted by molar-refractivity contribution is -0.383. The van der Waals surface area contributed by atoms with Crippen molar-refractivity contribution >= 4 is 23.0 Å². The number of hydrogen-bond donors (Lipinski definition) is 2. The molecule has 0 aliphatic rings. The van der Waals surface area contributed by atoms with Crippen molar-refractivity contribution in [2.75, 3.05) is 10.6 Å². The Bertz CT molecular complexity index is 858. The molecule has 0 unspecified atom stereocenters. The van der Waals surface area contributed by atoms with E-state index in [1.54, 1.807) is 12.1 Å². The second-order valence-corrected chi connectivity index (χ2v) is 4.55. The molecule has 0 saturated carbocycles. The van der Waals surface area contributed by atoms with Crippen molar-refractivity contribution in [3.63, 3.8) is 0 Å². The minimum Gasteiger partial charge on any atom is -0.360 e. The van der Waals surface area contributed by atoms with Crippen molar-refractivity contribution < 1.29 is 14.1 Å². The molecule has 0 radical (unpaired) electrons. The van der Waals surface area contributed by atoms with Crippen LogP contribution in [0, 0.1) is 27.3 Å². The van der Waals surface area contributed by atoms with Crippen LogP contribution in [0.5, 0.6) is 0 Å². The Hall–Kier alpha value is -3.73. The van der Waals surface area contributed by atoms with E-state index >= 15 is 0 Å². The zero-order chi connectivity index (χ0) is 17.5. The van der Waals surface area contributed by atoms with Crippen LogP contribution in [0.4, 0.5) is 21.5 Å². The molecule has 0 heterocycles. The lowest BCUT2D eigenvalue weighted by Crippen LogP contribution is -2.15. The highest BCUT2D eigenvalue weighted by Gasteiger charge is 2.17. The van der Waals surface area contributed by atoms with Gasteiger partial charge in [0.2, 0.25) is 0 Å². The lowest BCUT2D eigenvalue weighted by atomic mass is 10.2. The quantitative estimate of drug-likeness (QED) is 0.380. The van der Waals surface area contributed by atoms with Gasteiger partial charge in [0, 0.05) is 18.0 Å². The predicted molar refractivity (Wildman–Crippen MR) is 85.4 cm³/mol. The predicted octanol–water partition coefficient (Wildman–Crippen LogP) is 3.19. The summed E-state index contributed by atoms with van der Waals surface area (Å²) in [5, 5.41) is 24.9. The summed E-state index contributed by atoms with van der Waals surface area (Å²) in [5.74, 6) is -1.30. The van der Waals surface area contributed by atoms with Crippen LogP contribution in [-0.2, 0) is 4.79 Å². The second-order valence-electron chi connectivity index (χ2n) is 4.55. The van der Waals surface area contributed by atoms with E-state index in [0.717, 1.165) is 6.20 Å². The van der Waals surface area contributed by atoms with Crippen LogP contribution in [0.1, 0.15) is 0 Å². The number of nitrogens with zero attached hydrogens (tertiary/aromatic N) is 2. The minimum absolute atomic E-state index is 0.0283. The maximum atomic E-state index is 13.1. The molecule has 2 aromatic carbocycles. The number of benzene rings is 2. The normalized spacial score (nSPS) is 10.6. The number of nitrogens with one attached hydrogen (secondary N) is 2. The maximum absolute atomic E-state index is 13.1. The standard InChI is InChI=1S/C16H11FN4O3/c17-12-4-3-5-13(8-12)19-10-11(9-18)16(22)20-14-6-1-2-7-15(14)21(23)24/h1-8,10,19H,(H,20,22)/b11-10-. The molecule has 0 aromatic heterocycles. The highest BCUT2D eigenvalue weighted by atomic mass is 19.1. The molecule has 0 fully saturated rings. The summed E-state index contributed by atoms with van der Waals surface area (Å²) in [6.45, 7) is 0. The van der Waals surface area contributed by atoms with Crippen LogP contribution in [0.15, 0.2) is 60.3 Å². The first-order valence-corrected chi connectivity index (χ1v) is 6.68. The molecule has 0 saturated heterocycles. The molecule has 0 atom stereocenters. The molecule has 2 aromatic rings. The summed E-state index contributed by atoms with van der Waals surface area (Å²) < 4.78 is 13.1. The van der Waals surface area contributed by atoms with Crippen LogP contribution >= 0.6 is 0 Å². The van der Waals surface area contributed by atoms with Crippen molar-refractivity contribution in [1.29, 1.82) is 5.26 Å². The number of para-hydroxylation sites is 2. The molecule has 0 bridgehead atoms. The number of anilines is 2. The fraction of sp³-hybridized carbons (Fsp3) is 0. The average Bonchev–Trinajstić information content (AvgIpc) is 2.55. The summed E-state index contributed by atoms with van der Waals surface area (Å²) >= 11 is 0. The number of rotatable bonds is 5. The van der Waals surface area contributed by atoms with Crippen LogP contribution in [-0.4, -0.2) is 10.8 Å². The third-order valence-corrected chi connectivity index (χ3v) is 2.92. The van der Waals surface area contributed by atoms with E-state index in [1.807, 2.05) is 0 Å². The molecule has 1 amide bonds. The lowest BCUT2D eigenvalue weighted by Gasteiger charge is -2.06. The van der Waals surface area contributed by atoms with Gasteiger partial charge in [-0.2, -0.15) is 5.26 Å². The van der Waals surface area contributed by atoms with Gasteiger partial charge in [0.05, 0.1) is 4.92 Å². The van der Waals surface area contributed by atoms with Gasteiger partial charge in [0.1, 0.15) is 23.1 Å². The van der Waals surface area contributed by atoms with Gasteiger partial charge < -0.3 is 10.6 Å². The Labute approximate surface area is 136 Å². The third-order valence-electron chi connectivity index (χ3n) is 2.92. The van der Waals surface area contributed by atoms with E-state index in [4.69, 9.17) is 5.26 Å². The minimum atomic E-state index is -0.823. The number of halogens is 1. The van der Waals surface area contributed by atoms with Crippen molar-refractivity contribution in [2.24, 2.45) is 0 Å². The summed E-state index contributed by atoms with van der Waals surface area (Å²) in [6, 6.07) is 12.7. The van der Waals surface area contributed by atoms with Gasteiger partial charge in [-0.3, -0.25) is 14.9 Å². The van der Waals surface area contributed by atoms with Crippen LogP contribution in [0.3, 0.4) is 0 Å². The van der Waals surface area contributed by atoms with Gasteiger partial charge in [-0.15, -0.1) is 0 Å². The molecule has 0 spiro atoms. The summed E-state index contributed by atoms with van der Waals surface area (Å²) in [5.41, 5.74) is -0.292. The van der Waals surface area contributed by atoms with E-state index < -0.39 is 16.6 Å². The molecule has 120 valence electrons. The van der Waals surface area contributed by atoms with Gasteiger partial charge in [-0.1, -0.05) is 18.2 Å². The number of nitriles is 1. The third kappa shape index (κ3) is 4.14. The first kappa shape index (κ1) is 16.6. The SMILES string of the molecule is N#C/C(=C/Nc1cccc(F)c1)C(=O)Nc1ccccc1[N+](=O)[O-]. The topological polar surface area (TPSA) is 108 Å². The van der Waals surface area contributed by atoms with E-state index in [2.05, 4.69) is 10.6 Å². The van der Waals surface area contributed by atoms with Gasteiger partial charge in [-0.25, -0.2) is 4.39 Å². The van der Waals surface area contributed by atoms with Crippen LogP contribution in [0.2, 0.25) is 0 Å². The van der Waals surface area contributed by atoms with Crippen molar-refractivity contribution in [1.82, 2.24) is 0 Å². The average molecular weight is 326 g/mol. The fourth-order valence-electron chi connectivity index (χ4n) is 1.81. The molecule has 0 aliphatic carbocycles. The Morgan fingerprint density at radius 2 is 2.00 bits per heavy atom. The van der Waals surface area contributed by atoms with Crippen LogP contribution in [0.25, 0.3) is 0 Å². The van der Waals surface area contributed by atoms with Gasteiger partial charge in [-0.05, 0) is 24.3 Å². The maximum Gasteiger partial charge on any atom is 0.292 e. The highest BCUT2D eigenvalue weighted by molar-refractivity contribution is 6.07. The summed E-state index contributed by atoms with van der Waals surface area (Å²) in [7, 11) is 0. The molecule has 0 aliphatic heterocycles. The number of hydrogen-bond acceptors (Lipinski definition) is 5. The first-order valence-electron chi connectivity index (χ1n) is 6.68. The molecule has 2 rings (SSSR count). The zero-order valence-corrected chi connectivity index (χ0v) is 12.2. The molecular weight excluding hydrogens is 315 g/mol. The van der Waals surface area contributed by atoms with Crippen LogP contribution < -0.4 is 10.6 Å². The highest BCUT2D eigenvalue weighted by Crippen LogP contribution is 2.23. The number of carbonyl (C=O) groups is 1. The Morgan fingerprint density at radius 1 is 1.25 bits per heavy atom. The van der Waals surface area contributed by atoms with Crippen molar-refractivity contribution in [2.45, 2.75) is 0 Å². The van der Waals surface area contributed by atoms with Gasteiger partial charge in [0.25, 0.3) is 11.6 Å². The Kier molecular flexibility index (Phi) is 5.20. The van der Waals surface area contributed by atoms with Crippen molar-refractivity contribution in [3.8, 4) is 6.07 Å². The van der Waals surface area contributed by atoms with Crippen molar-refractivity contribution in [3.05, 3.63) is 76.2 Å². The van der Waals surface area contributed by atoms with Gasteiger partial charge in [0.15, 0.2) is 0 Å². The number of nitro benzene ring substituents is 1. The largest absolute Gasteiger partial charge is 0.360 e. The number of carbonyl (C=O) groups excluding carboxylic acids is 1. The molecule has 8 heteroatoms. The Morgan fingerprint density at radius 3 is 2.67 bits per heavy atom. The first-order chi connectivity index (χ1) is 11.5. The van der Waals surface area contributed by atoms with E-state index in [-0.39, 0.29) is 16.9 Å². The van der Waals surface area contributed by atoms with E-state index in [0.29, 0.717) is 5.69 Å². The number of amides is 1. The smallest absolute Gasteiger partial charge is 0.292 e. The Balaban J connectivity index is 2.16. The van der Waals surface area contributed by atoms with Gasteiger partial charge >= 0.3 is 0 Å². The van der Waals surface area contributed by atoms with E-state index in [1.165, 1.54) is 42.5 Å². The zero-order valence-electron chi connectivity index (χ0n) is 12.2. The molecule has 24 heavy (non-hydrogen) atoms. The summed E-state index contributed by atoms with van der Waals surface area (Å²) in [6.07, 6.45) is 1.10. The van der Waals surface area contributed by atoms with E-state index in [9.17, 15) is 19.3 Å². The second kappa shape index (κ2) is 7.51. The summed E-state index contributed by atoms with van der Waals surface area (Å²) in [4.78, 5) is 22.3.